The molecule has 2 heterocycles. The van der Waals surface area contributed by atoms with E-state index in [4.69, 9.17) is 4.52 Å². The third-order valence-electron chi connectivity index (χ3n) is 5.93. The number of benzene rings is 2. The van der Waals surface area contributed by atoms with Crippen molar-refractivity contribution >= 4 is 17.7 Å². The number of nitrogens with zero attached hydrogens (tertiary/aromatic N) is 3. The summed E-state index contributed by atoms with van der Waals surface area (Å²) in [6, 6.07) is 14.7. The number of aryl methyl sites for hydroxylation is 1. The normalized spacial score (nSPS) is 16.5. The highest BCUT2D eigenvalue weighted by Gasteiger charge is 2.26. The van der Waals surface area contributed by atoms with E-state index >= 15 is 0 Å². The van der Waals surface area contributed by atoms with Crippen LogP contribution < -0.4 is 5.32 Å². The summed E-state index contributed by atoms with van der Waals surface area (Å²) in [7, 11) is 0. The van der Waals surface area contributed by atoms with Gasteiger partial charge < -0.3 is 9.84 Å². The van der Waals surface area contributed by atoms with Gasteiger partial charge in [-0.3, -0.25) is 9.69 Å². The maximum absolute atomic E-state index is 13.0. The molecule has 6 nitrogen and oxygen atoms in total. The monoisotopic (exact) mass is 482 g/mol. The van der Waals surface area contributed by atoms with Crippen molar-refractivity contribution < 1.29 is 13.7 Å². The molecule has 34 heavy (non-hydrogen) atoms. The molecule has 1 saturated heterocycles. The Morgan fingerprint density at radius 3 is 2.94 bits per heavy atom. The van der Waals surface area contributed by atoms with Gasteiger partial charge in [0.25, 0.3) is 0 Å². The van der Waals surface area contributed by atoms with E-state index in [1.54, 1.807) is 11.8 Å². The van der Waals surface area contributed by atoms with Crippen molar-refractivity contribution in [1.29, 1.82) is 0 Å². The highest BCUT2D eigenvalue weighted by atomic mass is 32.2. The molecule has 4 rings (SSSR count). The number of carbonyl (C=O) groups excluding carboxylic acids is 1. The Kier molecular flexibility index (Phi) is 8.71. The van der Waals surface area contributed by atoms with Gasteiger partial charge in [-0.15, -0.1) is 0 Å². The summed E-state index contributed by atoms with van der Waals surface area (Å²) >= 11 is 1.80. The van der Waals surface area contributed by atoms with Gasteiger partial charge in [-0.2, -0.15) is 16.7 Å². The van der Waals surface area contributed by atoms with Crippen LogP contribution >= 0.6 is 11.8 Å². The van der Waals surface area contributed by atoms with Gasteiger partial charge in [0, 0.05) is 24.4 Å². The van der Waals surface area contributed by atoms with Crippen LogP contribution in [0.25, 0.3) is 11.4 Å². The lowest BCUT2D eigenvalue weighted by Gasteiger charge is -2.30. The number of nitrogens with one attached hydrogen (secondary N) is 1. The summed E-state index contributed by atoms with van der Waals surface area (Å²) in [6.45, 7) is 4.90. The molecular weight excluding hydrogens is 451 g/mol. The van der Waals surface area contributed by atoms with Crippen molar-refractivity contribution in [2.24, 2.45) is 5.92 Å². The second-order valence-corrected chi connectivity index (χ2v) is 9.88. The highest BCUT2D eigenvalue weighted by Crippen LogP contribution is 2.21. The summed E-state index contributed by atoms with van der Waals surface area (Å²) in [5.74, 6) is 2.89. The second kappa shape index (κ2) is 12.1. The van der Waals surface area contributed by atoms with Crippen LogP contribution in [0, 0.1) is 18.7 Å². The fraction of sp³-hybridized carbons (Fsp3) is 0.423. The van der Waals surface area contributed by atoms with Gasteiger partial charge in [-0.25, -0.2) is 4.39 Å². The highest BCUT2D eigenvalue weighted by molar-refractivity contribution is 7.98. The van der Waals surface area contributed by atoms with Gasteiger partial charge in [0.2, 0.25) is 17.6 Å². The second-order valence-electron chi connectivity index (χ2n) is 8.78. The Balaban J connectivity index is 1.16. The minimum atomic E-state index is -0.207. The van der Waals surface area contributed by atoms with Crippen LogP contribution in [0.4, 0.5) is 4.39 Å². The number of halogens is 1. The van der Waals surface area contributed by atoms with Crippen molar-refractivity contribution in [3.63, 3.8) is 0 Å². The number of piperidine rings is 1. The maximum Gasteiger partial charge on any atom is 0.241 e. The van der Waals surface area contributed by atoms with E-state index in [0.717, 1.165) is 54.0 Å². The van der Waals surface area contributed by atoms with Crippen LogP contribution in [0.15, 0.2) is 53.1 Å². The molecule has 0 aliphatic carbocycles. The first-order valence-electron chi connectivity index (χ1n) is 11.8. The number of thioether (sulfide) groups is 1. The smallest absolute Gasteiger partial charge is 0.241 e. The van der Waals surface area contributed by atoms with E-state index in [-0.39, 0.29) is 17.6 Å². The van der Waals surface area contributed by atoms with E-state index < -0.39 is 0 Å². The predicted octanol–water partition coefficient (Wildman–Crippen LogP) is 4.84. The molecule has 0 saturated carbocycles. The minimum absolute atomic E-state index is 0.0141. The van der Waals surface area contributed by atoms with E-state index in [0.29, 0.717) is 31.3 Å². The first-order chi connectivity index (χ1) is 16.6. The molecule has 1 aromatic heterocycles. The molecule has 0 radical (unpaired) electrons. The molecule has 0 bridgehead atoms. The van der Waals surface area contributed by atoms with Crippen molar-refractivity contribution in [3.8, 4) is 11.4 Å². The van der Waals surface area contributed by atoms with Crippen LogP contribution in [0.1, 0.15) is 36.3 Å². The Morgan fingerprint density at radius 1 is 1.26 bits per heavy atom. The zero-order valence-corrected chi connectivity index (χ0v) is 20.3. The number of carbonyl (C=O) groups is 1. The van der Waals surface area contributed by atoms with Gasteiger partial charge >= 0.3 is 0 Å². The maximum atomic E-state index is 13.0. The summed E-state index contributed by atoms with van der Waals surface area (Å²) in [5.41, 5.74) is 3.21. The van der Waals surface area contributed by atoms with Gasteiger partial charge in [-0.05, 0) is 62.2 Å². The number of hydrogen-bond donors (Lipinski definition) is 1. The first-order valence-corrected chi connectivity index (χ1v) is 12.9. The fourth-order valence-corrected chi connectivity index (χ4v) is 5.05. The molecule has 1 fully saturated rings. The Hall–Kier alpha value is -2.71. The summed E-state index contributed by atoms with van der Waals surface area (Å²) in [6.07, 6.45) is 2.79. The summed E-state index contributed by atoms with van der Waals surface area (Å²) in [4.78, 5) is 19.4. The SMILES string of the molecule is Cc1cccc(-c2noc(CN3CCCC(C(=O)NCCCSCc4ccc(F)cc4)C3)n2)c1. The minimum Gasteiger partial charge on any atom is -0.356 e. The molecule has 1 aliphatic rings. The van der Waals surface area contributed by atoms with Crippen LogP contribution in [-0.4, -0.2) is 46.3 Å². The first kappa shape index (κ1) is 24.4. The largest absolute Gasteiger partial charge is 0.356 e. The third-order valence-corrected chi connectivity index (χ3v) is 7.04. The molecule has 0 spiro atoms. The average molecular weight is 483 g/mol. The van der Waals surface area contributed by atoms with Gasteiger partial charge in [-0.1, -0.05) is 41.1 Å². The van der Waals surface area contributed by atoms with Crippen LogP contribution in [0.2, 0.25) is 0 Å². The van der Waals surface area contributed by atoms with Gasteiger partial charge in [0.05, 0.1) is 12.5 Å². The quantitative estimate of drug-likeness (QED) is 0.417. The average Bonchev–Trinajstić information content (AvgIpc) is 3.31. The lowest BCUT2D eigenvalue weighted by molar-refractivity contribution is -0.126. The third kappa shape index (κ3) is 7.14. The topological polar surface area (TPSA) is 71.3 Å². The molecule has 3 aromatic rings. The fourth-order valence-electron chi connectivity index (χ4n) is 4.13. The van der Waals surface area contributed by atoms with Crippen molar-refractivity contribution in [2.45, 2.75) is 38.5 Å². The molecule has 180 valence electrons. The van der Waals surface area contributed by atoms with Crippen molar-refractivity contribution in [2.75, 3.05) is 25.4 Å². The summed E-state index contributed by atoms with van der Waals surface area (Å²) < 4.78 is 18.4. The van der Waals surface area contributed by atoms with E-state index in [2.05, 4.69) is 20.4 Å². The van der Waals surface area contributed by atoms with E-state index in [1.165, 1.54) is 12.1 Å². The van der Waals surface area contributed by atoms with Gasteiger partial charge in [0.1, 0.15) is 5.82 Å². The van der Waals surface area contributed by atoms with Crippen LogP contribution in [0.3, 0.4) is 0 Å². The Morgan fingerprint density at radius 2 is 2.12 bits per heavy atom. The molecule has 1 unspecified atom stereocenters. The number of hydrogen-bond acceptors (Lipinski definition) is 6. The lowest BCUT2D eigenvalue weighted by Crippen LogP contribution is -2.43. The summed E-state index contributed by atoms with van der Waals surface area (Å²) in [5, 5.41) is 7.22. The number of rotatable bonds is 10. The van der Waals surface area contributed by atoms with Crippen LogP contribution in [-0.2, 0) is 17.1 Å². The predicted molar refractivity (Wildman–Crippen MR) is 133 cm³/mol. The number of aromatic nitrogens is 2. The van der Waals surface area contributed by atoms with Crippen LogP contribution in [0.5, 0.6) is 0 Å². The van der Waals surface area contributed by atoms with Crippen molar-refractivity contribution in [3.05, 3.63) is 71.4 Å². The molecule has 1 amide bonds. The van der Waals surface area contributed by atoms with E-state index in [1.807, 2.05) is 43.3 Å². The number of amides is 1. The van der Waals surface area contributed by atoms with E-state index in [9.17, 15) is 9.18 Å². The Labute approximate surface area is 204 Å². The molecule has 2 aromatic carbocycles. The number of likely N-dealkylation sites (tertiary alicyclic amines) is 1. The molecule has 8 heteroatoms. The molecule has 1 aliphatic heterocycles. The molecule has 1 N–H and O–H groups in total. The zero-order valence-electron chi connectivity index (χ0n) is 19.5. The van der Waals surface area contributed by atoms with Gasteiger partial charge in [0.15, 0.2) is 0 Å². The molecule has 1 atom stereocenters. The standard InChI is InChI=1S/C26H31FN4O2S/c1-19-5-2-6-21(15-19)25-29-24(33-30-25)17-31-13-3-7-22(16-31)26(32)28-12-4-14-34-18-20-8-10-23(27)11-9-20/h2,5-6,8-11,15,22H,3-4,7,12-14,16-18H2,1H3,(H,28,32). The Bertz CT molecular complexity index is 1070. The lowest BCUT2D eigenvalue weighted by atomic mass is 9.97. The molecular formula is C26H31FN4O2S. The zero-order chi connectivity index (χ0) is 23.8. The van der Waals surface area contributed by atoms with Crippen molar-refractivity contribution in [1.82, 2.24) is 20.4 Å².